The first kappa shape index (κ1) is 19.5. The molecule has 1 atom stereocenters. The number of nitrogens with zero attached hydrogens (tertiary/aromatic N) is 1. The highest BCUT2D eigenvalue weighted by atomic mass is 35.5. The van der Waals surface area contributed by atoms with Crippen LogP contribution >= 0.6 is 11.6 Å². The summed E-state index contributed by atoms with van der Waals surface area (Å²) in [5.41, 5.74) is 3.55. The second-order valence-electron chi connectivity index (χ2n) is 7.10. The molecule has 0 aromatic heterocycles. The first-order valence-electron chi connectivity index (χ1n) is 9.54. The van der Waals surface area contributed by atoms with Gasteiger partial charge >= 0.3 is 6.03 Å². The zero-order chi connectivity index (χ0) is 20.4. The number of hydrogen-bond acceptors (Lipinski definition) is 4. The lowest BCUT2D eigenvalue weighted by molar-refractivity contribution is 0.102. The molecule has 2 amide bonds. The van der Waals surface area contributed by atoms with Crippen molar-refractivity contribution in [2.75, 3.05) is 31.2 Å². The number of urea groups is 1. The van der Waals surface area contributed by atoms with Crippen LogP contribution < -0.4 is 15.5 Å². The van der Waals surface area contributed by atoms with Gasteiger partial charge in [0, 0.05) is 40.6 Å². The summed E-state index contributed by atoms with van der Waals surface area (Å²) >= 11 is 5.95. The Kier molecular flexibility index (Phi) is 5.56. The molecule has 0 radical (unpaired) electrons. The van der Waals surface area contributed by atoms with E-state index in [0.717, 1.165) is 24.3 Å². The van der Waals surface area contributed by atoms with Crippen LogP contribution in [0.2, 0.25) is 5.02 Å². The van der Waals surface area contributed by atoms with Crippen molar-refractivity contribution in [3.05, 3.63) is 76.0 Å². The Morgan fingerprint density at radius 3 is 2.38 bits per heavy atom. The first-order valence-corrected chi connectivity index (χ1v) is 9.92. The van der Waals surface area contributed by atoms with Gasteiger partial charge in [0.1, 0.15) is 0 Å². The van der Waals surface area contributed by atoms with Crippen LogP contribution in [0, 0.1) is 0 Å². The molecule has 2 aromatic carbocycles. The topological polar surface area (TPSA) is 70.7 Å². The van der Waals surface area contributed by atoms with Crippen molar-refractivity contribution in [1.82, 2.24) is 10.6 Å². The van der Waals surface area contributed by atoms with E-state index in [1.807, 2.05) is 24.3 Å². The molecule has 1 saturated heterocycles. The minimum Gasteiger partial charge on any atom is -0.378 e. The summed E-state index contributed by atoms with van der Waals surface area (Å²) in [5.74, 6) is -0.145. The summed E-state index contributed by atoms with van der Waals surface area (Å²) in [6.45, 7) is 4.88. The standard InChI is InChI=1S/C22H22ClN3O3/c1-14-19(21(27)16-2-6-17(23)7-3-16)20(25-22(28)24-14)15-4-8-18(9-5-15)26-10-12-29-13-11-26/h2-9,20H,10-13H2,1H3,(H2,24,25,28)/t20-/m0/s1. The number of rotatable bonds is 4. The van der Waals surface area contributed by atoms with E-state index in [9.17, 15) is 9.59 Å². The SMILES string of the molecule is CC1=C(C(=O)c2ccc(Cl)cc2)[C@H](c2ccc(N3CCOCC3)cc2)NC(=O)N1. The van der Waals surface area contributed by atoms with Crippen LogP contribution in [0.1, 0.15) is 28.9 Å². The first-order chi connectivity index (χ1) is 14.0. The summed E-state index contributed by atoms with van der Waals surface area (Å²) in [4.78, 5) is 27.6. The number of amides is 2. The number of Topliss-reactive ketones (excluding diaryl/α,β-unsaturated/α-hetero) is 1. The summed E-state index contributed by atoms with van der Waals surface area (Å²) < 4.78 is 5.41. The number of ether oxygens (including phenoxy) is 1. The van der Waals surface area contributed by atoms with E-state index in [0.29, 0.717) is 35.1 Å². The maximum absolute atomic E-state index is 13.2. The normalized spacial score (nSPS) is 19.6. The zero-order valence-corrected chi connectivity index (χ0v) is 16.8. The number of carbonyl (C=O) groups is 2. The molecule has 2 aliphatic heterocycles. The van der Waals surface area contributed by atoms with Crippen LogP contribution in [0.15, 0.2) is 59.8 Å². The van der Waals surface area contributed by atoms with Crippen molar-refractivity contribution >= 4 is 29.1 Å². The summed E-state index contributed by atoms with van der Waals surface area (Å²) in [6.07, 6.45) is 0. The molecule has 29 heavy (non-hydrogen) atoms. The minimum absolute atomic E-state index is 0.145. The fourth-order valence-corrected chi connectivity index (χ4v) is 3.83. The average Bonchev–Trinajstić information content (AvgIpc) is 2.74. The average molecular weight is 412 g/mol. The van der Waals surface area contributed by atoms with Crippen LogP contribution in [0.3, 0.4) is 0 Å². The van der Waals surface area contributed by atoms with E-state index in [2.05, 4.69) is 15.5 Å². The quantitative estimate of drug-likeness (QED) is 0.753. The van der Waals surface area contributed by atoms with Gasteiger partial charge in [-0.2, -0.15) is 0 Å². The molecule has 0 aliphatic carbocycles. The van der Waals surface area contributed by atoms with Crippen LogP contribution in [-0.2, 0) is 4.74 Å². The minimum atomic E-state index is -0.523. The molecule has 4 rings (SSSR count). The fourth-order valence-electron chi connectivity index (χ4n) is 3.70. The Morgan fingerprint density at radius 2 is 1.72 bits per heavy atom. The predicted molar refractivity (Wildman–Crippen MR) is 112 cm³/mol. The maximum atomic E-state index is 13.2. The Morgan fingerprint density at radius 1 is 1.07 bits per heavy atom. The number of morpholine rings is 1. The third-order valence-corrected chi connectivity index (χ3v) is 5.47. The van der Waals surface area contributed by atoms with Gasteiger partial charge in [-0.15, -0.1) is 0 Å². The van der Waals surface area contributed by atoms with Gasteiger partial charge in [0.05, 0.1) is 19.3 Å². The van der Waals surface area contributed by atoms with Gasteiger partial charge < -0.3 is 20.3 Å². The molecular formula is C22H22ClN3O3. The number of halogens is 1. The molecule has 1 fully saturated rings. The number of hydrogen-bond donors (Lipinski definition) is 2. The third kappa shape index (κ3) is 4.13. The van der Waals surface area contributed by atoms with Crippen molar-refractivity contribution in [2.45, 2.75) is 13.0 Å². The predicted octanol–water partition coefficient (Wildman–Crippen LogP) is 3.69. The van der Waals surface area contributed by atoms with E-state index in [1.165, 1.54) is 0 Å². The lowest BCUT2D eigenvalue weighted by atomic mass is 9.89. The third-order valence-electron chi connectivity index (χ3n) is 5.22. The molecule has 2 N–H and O–H groups in total. The molecule has 7 heteroatoms. The van der Waals surface area contributed by atoms with E-state index in [1.54, 1.807) is 31.2 Å². The van der Waals surface area contributed by atoms with Crippen molar-refractivity contribution in [1.29, 1.82) is 0 Å². The smallest absolute Gasteiger partial charge is 0.319 e. The van der Waals surface area contributed by atoms with Crippen LogP contribution in [-0.4, -0.2) is 38.1 Å². The molecule has 150 valence electrons. The summed E-state index contributed by atoms with van der Waals surface area (Å²) in [5, 5.41) is 6.17. The lowest BCUT2D eigenvalue weighted by Gasteiger charge is -2.31. The second-order valence-corrected chi connectivity index (χ2v) is 7.53. The molecule has 2 aliphatic rings. The van der Waals surface area contributed by atoms with Gasteiger partial charge in [-0.1, -0.05) is 23.7 Å². The number of benzene rings is 2. The Labute approximate surface area is 174 Å². The van der Waals surface area contributed by atoms with E-state index in [-0.39, 0.29) is 11.8 Å². The van der Waals surface area contributed by atoms with E-state index >= 15 is 0 Å². The largest absolute Gasteiger partial charge is 0.378 e. The molecule has 0 spiro atoms. The Hall–Kier alpha value is -2.83. The van der Waals surface area contributed by atoms with Gasteiger partial charge in [0.2, 0.25) is 0 Å². The molecule has 0 unspecified atom stereocenters. The van der Waals surface area contributed by atoms with E-state index in [4.69, 9.17) is 16.3 Å². The van der Waals surface area contributed by atoms with Crippen LogP contribution in [0.25, 0.3) is 0 Å². The monoisotopic (exact) mass is 411 g/mol. The Balaban J connectivity index is 1.65. The maximum Gasteiger partial charge on any atom is 0.319 e. The molecule has 2 aromatic rings. The second kappa shape index (κ2) is 8.27. The number of ketones is 1. The van der Waals surface area contributed by atoms with Gasteiger partial charge in [-0.3, -0.25) is 4.79 Å². The van der Waals surface area contributed by atoms with Gasteiger partial charge in [-0.05, 0) is 48.9 Å². The van der Waals surface area contributed by atoms with Gasteiger partial charge in [0.25, 0.3) is 0 Å². The highest BCUT2D eigenvalue weighted by Crippen LogP contribution is 2.31. The number of nitrogens with one attached hydrogen (secondary N) is 2. The van der Waals surface area contributed by atoms with E-state index < -0.39 is 6.04 Å². The Bertz CT molecular complexity index is 948. The summed E-state index contributed by atoms with van der Waals surface area (Å²) in [6, 6.07) is 13.9. The van der Waals surface area contributed by atoms with Crippen molar-refractivity contribution in [3.8, 4) is 0 Å². The molecule has 2 heterocycles. The van der Waals surface area contributed by atoms with Crippen LogP contribution in [0.5, 0.6) is 0 Å². The highest BCUT2D eigenvalue weighted by molar-refractivity contribution is 6.30. The lowest BCUT2D eigenvalue weighted by Crippen LogP contribution is -2.45. The molecular weight excluding hydrogens is 390 g/mol. The van der Waals surface area contributed by atoms with Crippen molar-refractivity contribution in [2.24, 2.45) is 0 Å². The molecule has 0 saturated carbocycles. The van der Waals surface area contributed by atoms with Gasteiger partial charge in [0.15, 0.2) is 5.78 Å². The number of allylic oxidation sites excluding steroid dienone is 1. The summed E-state index contributed by atoms with van der Waals surface area (Å²) in [7, 11) is 0. The number of anilines is 1. The molecule has 6 nitrogen and oxygen atoms in total. The number of carbonyl (C=O) groups excluding carboxylic acids is 2. The zero-order valence-electron chi connectivity index (χ0n) is 16.1. The van der Waals surface area contributed by atoms with Crippen molar-refractivity contribution in [3.63, 3.8) is 0 Å². The molecule has 0 bridgehead atoms. The fraction of sp³-hybridized carbons (Fsp3) is 0.273. The van der Waals surface area contributed by atoms with Crippen LogP contribution in [0.4, 0.5) is 10.5 Å². The van der Waals surface area contributed by atoms with Gasteiger partial charge in [-0.25, -0.2) is 4.79 Å². The van der Waals surface area contributed by atoms with Crippen molar-refractivity contribution < 1.29 is 14.3 Å². The highest BCUT2D eigenvalue weighted by Gasteiger charge is 2.31.